The maximum atomic E-state index is 5.78. The van der Waals surface area contributed by atoms with Crippen molar-refractivity contribution < 1.29 is 4.52 Å². The number of rotatable bonds is 4. The number of pyridine rings is 1. The predicted molar refractivity (Wildman–Crippen MR) is 75.1 cm³/mol. The number of hydrogen-bond donors (Lipinski definition) is 1. The minimum Gasteiger partial charge on any atom is -0.339 e. The molecule has 0 saturated heterocycles. The van der Waals surface area contributed by atoms with Crippen molar-refractivity contribution in [1.82, 2.24) is 19.7 Å². The van der Waals surface area contributed by atoms with Gasteiger partial charge in [0, 0.05) is 30.2 Å². The summed E-state index contributed by atoms with van der Waals surface area (Å²) in [5, 5.41) is 5.08. The van der Waals surface area contributed by atoms with Gasteiger partial charge in [-0.25, -0.2) is 4.98 Å². The maximum absolute atomic E-state index is 5.78. The summed E-state index contributed by atoms with van der Waals surface area (Å²) in [5.41, 5.74) is 7.74. The van der Waals surface area contributed by atoms with Crippen LogP contribution in [-0.4, -0.2) is 19.7 Å². The van der Waals surface area contributed by atoms with Crippen molar-refractivity contribution in [2.45, 2.75) is 32.9 Å². The summed E-state index contributed by atoms with van der Waals surface area (Å²) in [6.07, 6.45) is 3.78. The zero-order valence-corrected chi connectivity index (χ0v) is 11.6. The second kappa shape index (κ2) is 5.05. The highest BCUT2D eigenvalue weighted by atomic mass is 16.5. The quantitative estimate of drug-likeness (QED) is 0.785. The van der Waals surface area contributed by atoms with Crippen LogP contribution in [0.3, 0.4) is 0 Å². The molecule has 0 saturated carbocycles. The van der Waals surface area contributed by atoms with E-state index in [-0.39, 0.29) is 5.92 Å². The number of nitrogens with zero attached hydrogens (tertiary/aromatic N) is 4. The zero-order valence-electron chi connectivity index (χ0n) is 11.6. The summed E-state index contributed by atoms with van der Waals surface area (Å²) >= 11 is 0. The van der Waals surface area contributed by atoms with E-state index in [0.29, 0.717) is 24.8 Å². The average Bonchev–Trinajstić information content (AvgIpc) is 3.05. The van der Waals surface area contributed by atoms with Gasteiger partial charge in [-0.3, -0.25) is 0 Å². The highest BCUT2D eigenvalue weighted by Gasteiger charge is 2.13. The third kappa shape index (κ3) is 2.18. The molecule has 3 aromatic rings. The Kier molecular flexibility index (Phi) is 3.23. The second-order valence-electron chi connectivity index (χ2n) is 5.06. The number of fused-ring (bicyclic) bond motifs is 1. The number of nitrogens with two attached hydrogens (primary N) is 1. The van der Waals surface area contributed by atoms with Gasteiger partial charge in [-0.1, -0.05) is 19.0 Å². The van der Waals surface area contributed by atoms with Crippen LogP contribution in [0.4, 0.5) is 0 Å². The standard InChI is InChI=1S/C14H17N5O/c1-9(2)14-17-12(18-20-14)8-19-7-10(6-15)11-4-3-5-16-13(11)19/h3-5,7,9H,6,8,15H2,1-2H3. The van der Waals surface area contributed by atoms with Gasteiger partial charge in [0.05, 0.1) is 6.54 Å². The van der Waals surface area contributed by atoms with E-state index >= 15 is 0 Å². The summed E-state index contributed by atoms with van der Waals surface area (Å²) in [4.78, 5) is 8.80. The first kappa shape index (κ1) is 12.8. The third-order valence-corrected chi connectivity index (χ3v) is 3.23. The van der Waals surface area contributed by atoms with Crippen molar-refractivity contribution in [2.75, 3.05) is 0 Å². The molecule has 3 heterocycles. The first-order valence-corrected chi connectivity index (χ1v) is 6.64. The lowest BCUT2D eigenvalue weighted by Crippen LogP contribution is -2.01. The van der Waals surface area contributed by atoms with Gasteiger partial charge in [0.2, 0.25) is 5.89 Å². The SMILES string of the molecule is CC(C)c1nc(Cn2cc(CN)c3cccnc32)no1. The molecule has 0 atom stereocenters. The zero-order chi connectivity index (χ0) is 14.1. The molecule has 0 radical (unpaired) electrons. The van der Waals surface area contributed by atoms with E-state index in [0.717, 1.165) is 16.6 Å². The Morgan fingerprint density at radius 3 is 2.95 bits per heavy atom. The Balaban J connectivity index is 1.97. The fraction of sp³-hybridized carbons (Fsp3) is 0.357. The van der Waals surface area contributed by atoms with Crippen LogP contribution in [0.25, 0.3) is 11.0 Å². The number of hydrogen-bond acceptors (Lipinski definition) is 5. The summed E-state index contributed by atoms with van der Waals surface area (Å²) in [6, 6.07) is 3.94. The van der Waals surface area contributed by atoms with E-state index < -0.39 is 0 Å². The lowest BCUT2D eigenvalue weighted by Gasteiger charge is -1.99. The van der Waals surface area contributed by atoms with Crippen molar-refractivity contribution >= 4 is 11.0 Å². The molecule has 0 aliphatic heterocycles. The topological polar surface area (TPSA) is 82.8 Å². The molecular weight excluding hydrogens is 254 g/mol. The smallest absolute Gasteiger partial charge is 0.229 e. The summed E-state index contributed by atoms with van der Waals surface area (Å²) in [7, 11) is 0. The van der Waals surface area contributed by atoms with Gasteiger partial charge in [0.15, 0.2) is 5.82 Å². The molecule has 20 heavy (non-hydrogen) atoms. The molecule has 2 N–H and O–H groups in total. The van der Waals surface area contributed by atoms with Crippen LogP contribution in [-0.2, 0) is 13.1 Å². The molecule has 0 aromatic carbocycles. The normalized spacial score (nSPS) is 11.6. The average molecular weight is 271 g/mol. The van der Waals surface area contributed by atoms with E-state index in [9.17, 15) is 0 Å². The van der Waals surface area contributed by atoms with Gasteiger partial charge in [-0.15, -0.1) is 0 Å². The molecule has 0 spiro atoms. The molecule has 3 aromatic heterocycles. The Bertz CT molecular complexity index is 728. The maximum Gasteiger partial charge on any atom is 0.229 e. The van der Waals surface area contributed by atoms with E-state index in [1.165, 1.54) is 0 Å². The molecule has 0 aliphatic rings. The summed E-state index contributed by atoms with van der Waals surface area (Å²) in [6.45, 7) is 5.06. The molecule has 3 rings (SSSR count). The van der Waals surface area contributed by atoms with Gasteiger partial charge in [-0.05, 0) is 17.7 Å². The van der Waals surface area contributed by atoms with E-state index in [4.69, 9.17) is 10.3 Å². The van der Waals surface area contributed by atoms with Crippen LogP contribution in [0, 0.1) is 0 Å². The molecule has 6 nitrogen and oxygen atoms in total. The number of aromatic nitrogens is 4. The summed E-state index contributed by atoms with van der Waals surface area (Å²) < 4.78 is 7.23. The molecule has 6 heteroatoms. The largest absolute Gasteiger partial charge is 0.339 e. The van der Waals surface area contributed by atoms with Gasteiger partial charge in [0.25, 0.3) is 0 Å². The molecule has 0 unspecified atom stereocenters. The highest BCUT2D eigenvalue weighted by Crippen LogP contribution is 2.20. The molecule has 0 bridgehead atoms. The van der Waals surface area contributed by atoms with E-state index in [2.05, 4.69) is 15.1 Å². The van der Waals surface area contributed by atoms with Gasteiger partial charge in [0.1, 0.15) is 5.65 Å². The van der Waals surface area contributed by atoms with Crippen molar-refractivity contribution in [3.63, 3.8) is 0 Å². The van der Waals surface area contributed by atoms with E-state index in [1.807, 2.05) is 36.7 Å². The lowest BCUT2D eigenvalue weighted by atomic mass is 10.2. The van der Waals surface area contributed by atoms with Crippen LogP contribution < -0.4 is 5.73 Å². The summed E-state index contributed by atoms with van der Waals surface area (Å²) in [5.74, 6) is 1.54. The van der Waals surface area contributed by atoms with Crippen LogP contribution in [0.5, 0.6) is 0 Å². The predicted octanol–water partition coefficient (Wildman–Crippen LogP) is 2.05. The Labute approximate surface area is 116 Å². The fourth-order valence-electron chi connectivity index (χ4n) is 2.20. The van der Waals surface area contributed by atoms with Crippen LogP contribution >= 0.6 is 0 Å². The van der Waals surface area contributed by atoms with Crippen molar-refractivity contribution in [1.29, 1.82) is 0 Å². The second-order valence-corrected chi connectivity index (χ2v) is 5.06. The lowest BCUT2D eigenvalue weighted by molar-refractivity contribution is 0.360. The minimum atomic E-state index is 0.232. The van der Waals surface area contributed by atoms with Crippen LogP contribution in [0.1, 0.15) is 37.0 Å². The fourth-order valence-corrected chi connectivity index (χ4v) is 2.20. The molecule has 0 amide bonds. The van der Waals surface area contributed by atoms with Crippen LogP contribution in [0.15, 0.2) is 29.0 Å². The highest BCUT2D eigenvalue weighted by molar-refractivity contribution is 5.80. The Morgan fingerprint density at radius 1 is 1.40 bits per heavy atom. The monoisotopic (exact) mass is 271 g/mol. The van der Waals surface area contributed by atoms with Gasteiger partial charge < -0.3 is 14.8 Å². The minimum absolute atomic E-state index is 0.232. The van der Waals surface area contributed by atoms with Crippen molar-refractivity contribution in [3.05, 3.63) is 41.8 Å². The first-order chi connectivity index (χ1) is 9.69. The van der Waals surface area contributed by atoms with Crippen molar-refractivity contribution in [3.8, 4) is 0 Å². The third-order valence-electron chi connectivity index (χ3n) is 3.23. The van der Waals surface area contributed by atoms with Gasteiger partial charge in [-0.2, -0.15) is 4.98 Å². The Hall–Kier alpha value is -2.21. The van der Waals surface area contributed by atoms with E-state index in [1.54, 1.807) is 6.20 Å². The first-order valence-electron chi connectivity index (χ1n) is 6.64. The molecular formula is C14H17N5O. The van der Waals surface area contributed by atoms with Crippen LogP contribution in [0.2, 0.25) is 0 Å². The molecule has 0 fully saturated rings. The van der Waals surface area contributed by atoms with Gasteiger partial charge >= 0.3 is 0 Å². The molecule has 0 aliphatic carbocycles. The Morgan fingerprint density at radius 2 is 2.25 bits per heavy atom. The van der Waals surface area contributed by atoms with Crippen molar-refractivity contribution in [2.24, 2.45) is 5.73 Å². The molecule has 104 valence electrons.